The van der Waals surface area contributed by atoms with Gasteiger partial charge in [0, 0.05) is 18.1 Å². The number of anilines is 1. The SMILES string of the molecule is CCc1ccccc1NC(=O)CN1C=CN2NC(c3ccc(C)cc3)CC2C1=O. The smallest absolute Gasteiger partial charge is 0.251 e. The minimum absolute atomic E-state index is 0.00687. The molecule has 0 aromatic heterocycles. The van der Waals surface area contributed by atoms with Crippen LogP contribution in [-0.2, 0) is 16.0 Å². The lowest BCUT2D eigenvalue weighted by atomic mass is 10.00. The standard InChI is InChI=1S/C23H26N4O2/c1-3-17-6-4-5-7-19(17)24-22(28)15-26-12-13-27-21(23(26)29)14-20(25-27)18-10-8-16(2)9-11-18/h4-13,20-21,25H,3,14-15H2,1-2H3,(H,24,28). The summed E-state index contributed by atoms with van der Waals surface area (Å²) in [6, 6.07) is 15.9. The molecule has 1 fully saturated rings. The summed E-state index contributed by atoms with van der Waals surface area (Å²) in [6.07, 6.45) is 5.02. The Morgan fingerprint density at radius 1 is 1.14 bits per heavy atom. The van der Waals surface area contributed by atoms with E-state index in [9.17, 15) is 9.59 Å². The highest BCUT2D eigenvalue weighted by Gasteiger charge is 2.40. The minimum atomic E-state index is -0.304. The van der Waals surface area contributed by atoms with Crippen LogP contribution in [0.4, 0.5) is 5.69 Å². The highest BCUT2D eigenvalue weighted by molar-refractivity contribution is 5.96. The fourth-order valence-electron chi connectivity index (χ4n) is 3.88. The summed E-state index contributed by atoms with van der Waals surface area (Å²) in [7, 11) is 0. The lowest BCUT2D eigenvalue weighted by molar-refractivity contribution is -0.137. The Labute approximate surface area is 171 Å². The van der Waals surface area contributed by atoms with Crippen LogP contribution < -0.4 is 10.7 Å². The lowest BCUT2D eigenvalue weighted by Crippen LogP contribution is -2.49. The van der Waals surface area contributed by atoms with E-state index in [1.165, 1.54) is 10.5 Å². The number of fused-ring (bicyclic) bond motifs is 1. The van der Waals surface area contributed by atoms with Crippen molar-refractivity contribution in [2.75, 3.05) is 11.9 Å². The van der Waals surface area contributed by atoms with Crippen molar-refractivity contribution in [3.8, 4) is 0 Å². The number of aryl methyl sites for hydroxylation is 2. The van der Waals surface area contributed by atoms with Gasteiger partial charge in [-0.2, -0.15) is 0 Å². The number of nitrogens with one attached hydrogen (secondary N) is 2. The molecule has 4 rings (SSSR count). The van der Waals surface area contributed by atoms with Crippen molar-refractivity contribution in [1.82, 2.24) is 15.3 Å². The second-order valence-corrected chi connectivity index (χ2v) is 7.57. The van der Waals surface area contributed by atoms with Gasteiger partial charge in [0.05, 0.1) is 6.04 Å². The van der Waals surface area contributed by atoms with Crippen LogP contribution in [0.2, 0.25) is 0 Å². The number of carbonyl (C=O) groups excluding carboxylic acids is 2. The second kappa shape index (κ2) is 8.09. The van der Waals surface area contributed by atoms with Crippen molar-refractivity contribution in [3.63, 3.8) is 0 Å². The van der Waals surface area contributed by atoms with Crippen molar-refractivity contribution in [2.24, 2.45) is 0 Å². The van der Waals surface area contributed by atoms with Gasteiger partial charge in [-0.05, 0) is 37.0 Å². The minimum Gasteiger partial charge on any atom is -0.324 e. The van der Waals surface area contributed by atoms with E-state index < -0.39 is 0 Å². The number of para-hydroxylation sites is 1. The molecule has 150 valence electrons. The molecule has 0 saturated carbocycles. The number of benzene rings is 2. The molecule has 6 nitrogen and oxygen atoms in total. The molecule has 2 aliphatic heterocycles. The summed E-state index contributed by atoms with van der Waals surface area (Å²) >= 11 is 0. The molecule has 29 heavy (non-hydrogen) atoms. The number of hydrazine groups is 1. The maximum Gasteiger partial charge on any atom is 0.251 e. The van der Waals surface area contributed by atoms with Crippen molar-refractivity contribution in [1.29, 1.82) is 0 Å². The first kappa shape index (κ1) is 19.2. The third-order valence-corrected chi connectivity index (χ3v) is 5.54. The first-order chi connectivity index (χ1) is 14.0. The van der Waals surface area contributed by atoms with Crippen LogP contribution in [0.5, 0.6) is 0 Å². The van der Waals surface area contributed by atoms with Gasteiger partial charge in [0.25, 0.3) is 5.91 Å². The van der Waals surface area contributed by atoms with Gasteiger partial charge in [-0.25, -0.2) is 5.43 Å². The Hall–Kier alpha value is -3.12. The Balaban J connectivity index is 1.40. The number of rotatable bonds is 5. The van der Waals surface area contributed by atoms with Crippen molar-refractivity contribution >= 4 is 17.5 Å². The average Bonchev–Trinajstić information content (AvgIpc) is 3.16. The fraction of sp³-hybridized carbons (Fsp3) is 0.304. The van der Waals surface area contributed by atoms with Gasteiger partial charge in [0.15, 0.2) is 0 Å². The topological polar surface area (TPSA) is 64.7 Å². The molecule has 2 amide bonds. The molecule has 0 spiro atoms. The Morgan fingerprint density at radius 3 is 2.66 bits per heavy atom. The Bertz CT molecular complexity index is 938. The van der Waals surface area contributed by atoms with Crippen molar-refractivity contribution in [3.05, 3.63) is 77.6 Å². The maximum atomic E-state index is 13.0. The predicted octanol–water partition coefficient (Wildman–Crippen LogP) is 3.13. The van der Waals surface area contributed by atoms with Crippen LogP contribution in [0.15, 0.2) is 60.9 Å². The zero-order valence-electron chi connectivity index (χ0n) is 16.8. The van der Waals surface area contributed by atoms with Crippen LogP contribution in [0.3, 0.4) is 0 Å². The molecular formula is C23H26N4O2. The monoisotopic (exact) mass is 390 g/mol. The van der Waals surface area contributed by atoms with Crippen LogP contribution >= 0.6 is 0 Å². The van der Waals surface area contributed by atoms with Gasteiger partial charge in [-0.15, -0.1) is 0 Å². The Kier molecular flexibility index (Phi) is 5.36. The summed E-state index contributed by atoms with van der Waals surface area (Å²) in [5.41, 5.74) is 7.64. The van der Waals surface area contributed by atoms with Crippen LogP contribution in [-0.4, -0.2) is 34.3 Å². The van der Waals surface area contributed by atoms with Gasteiger partial charge >= 0.3 is 0 Å². The van der Waals surface area contributed by atoms with Crippen LogP contribution in [0, 0.1) is 6.92 Å². The van der Waals surface area contributed by atoms with Gasteiger partial charge in [0.1, 0.15) is 12.6 Å². The Morgan fingerprint density at radius 2 is 1.90 bits per heavy atom. The highest BCUT2D eigenvalue weighted by atomic mass is 16.2. The number of amides is 2. The number of hydrogen-bond acceptors (Lipinski definition) is 4. The zero-order valence-corrected chi connectivity index (χ0v) is 16.8. The van der Waals surface area contributed by atoms with Gasteiger partial charge < -0.3 is 15.2 Å². The third kappa shape index (κ3) is 4.03. The molecule has 2 aliphatic rings. The summed E-state index contributed by atoms with van der Waals surface area (Å²) < 4.78 is 0. The average molecular weight is 390 g/mol. The molecule has 1 saturated heterocycles. The normalized spacial score (nSPS) is 20.7. The van der Waals surface area contributed by atoms with E-state index in [0.717, 1.165) is 23.2 Å². The van der Waals surface area contributed by atoms with E-state index >= 15 is 0 Å². The van der Waals surface area contributed by atoms with E-state index in [1.807, 2.05) is 42.4 Å². The fourth-order valence-corrected chi connectivity index (χ4v) is 3.88. The number of nitrogens with zero attached hydrogens (tertiary/aromatic N) is 2. The quantitative estimate of drug-likeness (QED) is 0.823. The van der Waals surface area contributed by atoms with Crippen molar-refractivity contribution < 1.29 is 9.59 Å². The van der Waals surface area contributed by atoms with E-state index in [4.69, 9.17) is 0 Å². The van der Waals surface area contributed by atoms with E-state index in [-0.39, 0.29) is 30.4 Å². The van der Waals surface area contributed by atoms with E-state index in [0.29, 0.717) is 6.42 Å². The summed E-state index contributed by atoms with van der Waals surface area (Å²) in [5.74, 6) is -0.257. The van der Waals surface area contributed by atoms with Gasteiger partial charge in [-0.1, -0.05) is 55.0 Å². The molecule has 2 unspecified atom stereocenters. The number of hydrogen-bond donors (Lipinski definition) is 2. The molecule has 0 bridgehead atoms. The molecule has 6 heteroatoms. The number of carbonyl (C=O) groups is 2. The summed E-state index contributed by atoms with van der Waals surface area (Å²) in [4.78, 5) is 27.0. The molecule has 2 heterocycles. The predicted molar refractivity (Wildman–Crippen MR) is 113 cm³/mol. The summed E-state index contributed by atoms with van der Waals surface area (Å²) in [6.45, 7) is 4.12. The molecule has 2 aromatic carbocycles. The third-order valence-electron chi connectivity index (χ3n) is 5.54. The molecule has 0 radical (unpaired) electrons. The molecule has 2 aromatic rings. The maximum absolute atomic E-state index is 13.0. The summed E-state index contributed by atoms with van der Waals surface area (Å²) in [5, 5.41) is 4.79. The molecule has 2 atom stereocenters. The first-order valence-electron chi connectivity index (χ1n) is 10.0. The van der Waals surface area contributed by atoms with Crippen molar-refractivity contribution in [2.45, 2.75) is 38.8 Å². The van der Waals surface area contributed by atoms with Gasteiger partial charge in [0.2, 0.25) is 5.91 Å². The van der Waals surface area contributed by atoms with E-state index in [1.54, 1.807) is 6.20 Å². The highest BCUT2D eigenvalue weighted by Crippen LogP contribution is 2.30. The largest absolute Gasteiger partial charge is 0.324 e. The molecular weight excluding hydrogens is 364 g/mol. The van der Waals surface area contributed by atoms with Crippen LogP contribution in [0.25, 0.3) is 0 Å². The van der Waals surface area contributed by atoms with Crippen LogP contribution in [0.1, 0.15) is 36.1 Å². The zero-order chi connectivity index (χ0) is 20.4. The molecule has 0 aliphatic carbocycles. The lowest BCUT2D eigenvalue weighted by Gasteiger charge is -2.31. The van der Waals surface area contributed by atoms with Gasteiger partial charge in [-0.3, -0.25) is 9.59 Å². The molecule has 2 N–H and O–H groups in total. The second-order valence-electron chi connectivity index (χ2n) is 7.57. The van der Waals surface area contributed by atoms with E-state index in [2.05, 4.69) is 41.9 Å². The first-order valence-corrected chi connectivity index (χ1v) is 10.0.